The molecule has 0 radical (unpaired) electrons. The van der Waals surface area contributed by atoms with E-state index in [-0.39, 0.29) is 12.5 Å². The largest absolute Gasteiger partial charge is 0.396 e. The van der Waals surface area contributed by atoms with E-state index in [1.807, 2.05) is 18.2 Å². The normalized spacial score (nSPS) is 19.3. The Kier molecular flexibility index (Phi) is 3.69. The molecule has 1 saturated heterocycles. The Bertz CT molecular complexity index is 283. The molecule has 0 spiro atoms. The molecule has 0 bridgehead atoms. The first-order chi connectivity index (χ1) is 7.40. The maximum absolute atomic E-state index is 9.37. The van der Waals surface area contributed by atoms with Crippen molar-refractivity contribution in [3.8, 4) is 0 Å². The van der Waals surface area contributed by atoms with Crippen LogP contribution in [-0.4, -0.2) is 41.2 Å². The van der Waals surface area contributed by atoms with Gasteiger partial charge in [0.1, 0.15) is 0 Å². The lowest BCUT2D eigenvalue weighted by Gasteiger charge is -2.21. The zero-order valence-corrected chi connectivity index (χ0v) is 8.97. The van der Waals surface area contributed by atoms with Crippen molar-refractivity contribution in [1.82, 2.24) is 9.88 Å². The van der Waals surface area contributed by atoms with E-state index < -0.39 is 0 Å². The topological polar surface area (TPSA) is 36.4 Å². The van der Waals surface area contributed by atoms with Crippen molar-refractivity contribution < 1.29 is 5.11 Å². The Hall–Kier alpha value is -0.930. The van der Waals surface area contributed by atoms with Crippen LogP contribution in [0.1, 0.15) is 24.5 Å². The van der Waals surface area contributed by atoms with E-state index in [0.29, 0.717) is 0 Å². The van der Waals surface area contributed by atoms with Crippen LogP contribution >= 0.6 is 0 Å². The quantitative estimate of drug-likeness (QED) is 0.805. The van der Waals surface area contributed by atoms with Crippen molar-refractivity contribution in [2.45, 2.75) is 18.8 Å². The summed E-state index contributed by atoms with van der Waals surface area (Å²) in [5.41, 5.74) is 1.01. The Balaban J connectivity index is 1.97. The second-order valence-corrected chi connectivity index (χ2v) is 4.14. The van der Waals surface area contributed by atoms with Gasteiger partial charge >= 0.3 is 0 Å². The van der Waals surface area contributed by atoms with E-state index >= 15 is 0 Å². The summed E-state index contributed by atoms with van der Waals surface area (Å²) in [7, 11) is 0. The lowest BCUT2D eigenvalue weighted by Crippen LogP contribution is -2.27. The predicted molar refractivity (Wildman–Crippen MR) is 59.7 cm³/mol. The first-order valence-corrected chi connectivity index (χ1v) is 5.64. The molecule has 1 fully saturated rings. The maximum Gasteiger partial charge on any atom is 0.0527 e. The van der Waals surface area contributed by atoms with Crippen molar-refractivity contribution >= 4 is 0 Å². The Morgan fingerprint density at radius 3 is 2.73 bits per heavy atom. The summed E-state index contributed by atoms with van der Waals surface area (Å²) in [5, 5.41) is 9.37. The maximum atomic E-state index is 9.37. The number of hydrogen-bond donors (Lipinski definition) is 1. The number of nitrogens with zero attached hydrogens (tertiary/aromatic N) is 2. The van der Waals surface area contributed by atoms with Crippen molar-refractivity contribution in [1.29, 1.82) is 0 Å². The summed E-state index contributed by atoms with van der Waals surface area (Å²) in [6.07, 6.45) is 4.38. The molecule has 3 heteroatoms. The molecule has 0 aliphatic carbocycles. The highest BCUT2D eigenvalue weighted by atomic mass is 16.3. The average molecular weight is 206 g/mol. The SMILES string of the molecule is OCC(CN1CCCC1)c1ccccn1. The molecule has 1 unspecified atom stereocenters. The Morgan fingerprint density at radius 1 is 1.33 bits per heavy atom. The monoisotopic (exact) mass is 206 g/mol. The van der Waals surface area contributed by atoms with Gasteiger partial charge in [-0.3, -0.25) is 4.98 Å². The lowest BCUT2D eigenvalue weighted by atomic mass is 10.1. The van der Waals surface area contributed by atoms with Gasteiger partial charge < -0.3 is 10.0 Å². The molecular weight excluding hydrogens is 188 g/mol. The molecule has 1 N–H and O–H groups in total. The van der Waals surface area contributed by atoms with E-state index in [4.69, 9.17) is 0 Å². The van der Waals surface area contributed by atoms with Crippen molar-refractivity contribution in [2.75, 3.05) is 26.2 Å². The van der Waals surface area contributed by atoms with E-state index in [0.717, 1.165) is 12.2 Å². The summed E-state index contributed by atoms with van der Waals surface area (Å²) in [6, 6.07) is 5.89. The molecule has 2 rings (SSSR count). The lowest BCUT2D eigenvalue weighted by molar-refractivity contribution is 0.218. The fourth-order valence-corrected chi connectivity index (χ4v) is 2.14. The van der Waals surface area contributed by atoms with Crippen LogP contribution in [0.25, 0.3) is 0 Å². The molecule has 15 heavy (non-hydrogen) atoms. The number of pyridine rings is 1. The van der Waals surface area contributed by atoms with Gasteiger partial charge in [-0.2, -0.15) is 0 Å². The molecule has 0 saturated carbocycles. The highest BCUT2D eigenvalue weighted by Crippen LogP contribution is 2.17. The summed E-state index contributed by atoms with van der Waals surface area (Å²) < 4.78 is 0. The summed E-state index contributed by atoms with van der Waals surface area (Å²) in [4.78, 5) is 6.72. The van der Waals surface area contributed by atoms with Crippen LogP contribution in [0, 0.1) is 0 Å². The minimum absolute atomic E-state index is 0.171. The molecule has 3 nitrogen and oxygen atoms in total. The fraction of sp³-hybridized carbons (Fsp3) is 0.583. The van der Waals surface area contributed by atoms with Gasteiger partial charge in [0.25, 0.3) is 0 Å². The van der Waals surface area contributed by atoms with Crippen molar-refractivity contribution in [3.63, 3.8) is 0 Å². The van der Waals surface area contributed by atoms with Gasteiger partial charge in [-0.25, -0.2) is 0 Å². The number of likely N-dealkylation sites (tertiary alicyclic amines) is 1. The van der Waals surface area contributed by atoms with Crippen LogP contribution in [0.4, 0.5) is 0 Å². The van der Waals surface area contributed by atoms with Crippen LogP contribution in [0.15, 0.2) is 24.4 Å². The number of aliphatic hydroxyl groups excluding tert-OH is 1. The molecule has 1 aliphatic heterocycles. The Labute approximate surface area is 90.8 Å². The van der Waals surface area contributed by atoms with Gasteiger partial charge in [-0.1, -0.05) is 6.07 Å². The van der Waals surface area contributed by atoms with Crippen LogP contribution in [0.2, 0.25) is 0 Å². The van der Waals surface area contributed by atoms with Gasteiger partial charge in [-0.05, 0) is 38.1 Å². The van der Waals surface area contributed by atoms with Gasteiger partial charge in [0.2, 0.25) is 0 Å². The highest BCUT2D eigenvalue weighted by Gasteiger charge is 2.18. The third-order valence-electron chi connectivity index (χ3n) is 3.00. The zero-order valence-electron chi connectivity index (χ0n) is 8.97. The van der Waals surface area contributed by atoms with Crippen LogP contribution in [-0.2, 0) is 0 Å². The van der Waals surface area contributed by atoms with Gasteiger partial charge in [-0.15, -0.1) is 0 Å². The molecule has 0 aromatic carbocycles. The molecular formula is C12H18N2O. The van der Waals surface area contributed by atoms with Crippen LogP contribution in [0.3, 0.4) is 0 Å². The van der Waals surface area contributed by atoms with Gasteiger partial charge in [0.15, 0.2) is 0 Å². The standard InChI is InChI=1S/C12H18N2O/c15-10-11(9-14-7-3-4-8-14)12-5-1-2-6-13-12/h1-2,5-6,11,15H,3-4,7-10H2. The molecule has 1 aliphatic rings. The molecule has 1 aromatic rings. The first kappa shape index (κ1) is 10.6. The minimum atomic E-state index is 0.171. The minimum Gasteiger partial charge on any atom is -0.396 e. The first-order valence-electron chi connectivity index (χ1n) is 5.64. The Morgan fingerprint density at radius 2 is 2.13 bits per heavy atom. The second-order valence-electron chi connectivity index (χ2n) is 4.14. The van der Waals surface area contributed by atoms with E-state index in [1.54, 1.807) is 6.20 Å². The molecule has 0 amide bonds. The van der Waals surface area contributed by atoms with E-state index in [2.05, 4.69) is 9.88 Å². The van der Waals surface area contributed by atoms with E-state index in [9.17, 15) is 5.11 Å². The summed E-state index contributed by atoms with van der Waals surface area (Å²) in [6.45, 7) is 3.47. The number of rotatable bonds is 4. The smallest absolute Gasteiger partial charge is 0.0527 e. The average Bonchev–Trinajstić information content (AvgIpc) is 2.80. The molecule has 82 valence electrons. The third kappa shape index (κ3) is 2.76. The predicted octanol–water partition coefficient (Wildman–Crippen LogP) is 1.25. The van der Waals surface area contributed by atoms with Crippen molar-refractivity contribution in [2.24, 2.45) is 0 Å². The number of hydrogen-bond acceptors (Lipinski definition) is 3. The van der Waals surface area contributed by atoms with Crippen LogP contribution in [0.5, 0.6) is 0 Å². The van der Waals surface area contributed by atoms with Crippen molar-refractivity contribution in [3.05, 3.63) is 30.1 Å². The van der Waals surface area contributed by atoms with Gasteiger partial charge in [0, 0.05) is 24.4 Å². The third-order valence-corrected chi connectivity index (χ3v) is 3.00. The second kappa shape index (κ2) is 5.24. The summed E-state index contributed by atoms with van der Waals surface area (Å²) >= 11 is 0. The number of aromatic nitrogens is 1. The molecule has 1 atom stereocenters. The van der Waals surface area contributed by atoms with Crippen LogP contribution < -0.4 is 0 Å². The zero-order chi connectivity index (χ0) is 10.5. The fourth-order valence-electron chi connectivity index (χ4n) is 2.14. The van der Waals surface area contributed by atoms with Gasteiger partial charge in [0.05, 0.1) is 6.61 Å². The van der Waals surface area contributed by atoms with E-state index in [1.165, 1.54) is 25.9 Å². The molecule has 1 aromatic heterocycles. The highest BCUT2D eigenvalue weighted by molar-refractivity contribution is 5.10. The number of aliphatic hydroxyl groups is 1. The molecule has 2 heterocycles. The summed E-state index contributed by atoms with van der Waals surface area (Å²) in [5.74, 6) is 0.171.